The molecule has 130 valence electrons. The number of carbonyl (C=O) groups is 1. The highest BCUT2D eigenvalue weighted by Crippen LogP contribution is 2.33. The molecule has 3 aromatic rings. The molecular formula is C19H21N3O2S. The highest BCUT2D eigenvalue weighted by Gasteiger charge is 2.30. The van der Waals surface area contributed by atoms with Crippen LogP contribution in [-0.2, 0) is 7.05 Å². The second-order valence-corrected chi connectivity index (χ2v) is 7.56. The van der Waals surface area contributed by atoms with Crippen LogP contribution in [0.1, 0.15) is 34.3 Å². The molecule has 1 amide bonds. The molecule has 2 aromatic heterocycles. The van der Waals surface area contributed by atoms with E-state index in [1.54, 1.807) is 16.0 Å². The summed E-state index contributed by atoms with van der Waals surface area (Å²) in [6.45, 7) is 1.33. The lowest BCUT2D eigenvalue weighted by molar-refractivity contribution is 0.0471. The topological polar surface area (TPSA) is 58.4 Å². The number of carbonyl (C=O) groups excluding carboxylic acids is 1. The molecular weight excluding hydrogens is 334 g/mol. The molecule has 4 rings (SSSR count). The molecule has 1 unspecified atom stereocenters. The van der Waals surface area contributed by atoms with Crippen molar-refractivity contribution in [1.29, 1.82) is 0 Å². The number of likely N-dealkylation sites (tertiary alicyclic amines) is 1. The summed E-state index contributed by atoms with van der Waals surface area (Å²) in [5.41, 5.74) is 1.49. The van der Waals surface area contributed by atoms with E-state index in [1.165, 1.54) is 0 Å². The minimum atomic E-state index is -0.423. The monoisotopic (exact) mass is 355 g/mol. The highest BCUT2D eigenvalue weighted by atomic mass is 32.1. The Hall–Kier alpha value is -2.18. The van der Waals surface area contributed by atoms with E-state index in [0.717, 1.165) is 28.6 Å². The molecule has 1 saturated heterocycles. The normalized spacial score (nSPS) is 17.1. The van der Waals surface area contributed by atoms with E-state index in [4.69, 9.17) is 0 Å². The van der Waals surface area contributed by atoms with E-state index in [0.29, 0.717) is 18.8 Å². The van der Waals surface area contributed by atoms with Crippen molar-refractivity contribution in [3.05, 3.63) is 52.3 Å². The second-order valence-electron chi connectivity index (χ2n) is 6.58. The lowest BCUT2D eigenvalue weighted by Crippen LogP contribution is -2.40. The third-order valence-electron chi connectivity index (χ3n) is 5.07. The van der Waals surface area contributed by atoms with Crippen LogP contribution in [0, 0.1) is 5.92 Å². The summed E-state index contributed by atoms with van der Waals surface area (Å²) < 4.78 is 1.76. The molecule has 0 saturated carbocycles. The fraction of sp³-hybridized carbons (Fsp3) is 0.368. The Kier molecular flexibility index (Phi) is 4.31. The Morgan fingerprint density at radius 2 is 2.00 bits per heavy atom. The highest BCUT2D eigenvalue weighted by molar-refractivity contribution is 7.10. The van der Waals surface area contributed by atoms with E-state index in [2.05, 4.69) is 5.10 Å². The van der Waals surface area contributed by atoms with Gasteiger partial charge in [-0.1, -0.05) is 24.3 Å². The molecule has 1 fully saturated rings. The van der Waals surface area contributed by atoms with Gasteiger partial charge in [-0.05, 0) is 36.3 Å². The lowest BCUT2D eigenvalue weighted by atomic mass is 9.90. The number of fused-ring (bicyclic) bond motifs is 1. The number of benzene rings is 1. The maximum absolute atomic E-state index is 12.9. The first-order valence-corrected chi connectivity index (χ1v) is 9.45. The van der Waals surface area contributed by atoms with Crippen LogP contribution in [0.25, 0.3) is 10.9 Å². The molecule has 0 aliphatic carbocycles. The molecule has 1 aliphatic heterocycles. The standard InChI is InChI=1S/C19H21N3O2S/c1-21-15-6-3-2-5-14(15)17(20-21)19(24)22-10-8-13(9-11-22)18(23)16-7-4-12-25-16/h2-7,12-13,18,23H,8-11H2,1H3. The SMILES string of the molecule is Cn1nc(C(=O)N2CCC(C(O)c3cccs3)CC2)c2ccccc21. The summed E-state index contributed by atoms with van der Waals surface area (Å²) in [7, 11) is 1.86. The summed E-state index contributed by atoms with van der Waals surface area (Å²) in [4.78, 5) is 15.8. The van der Waals surface area contributed by atoms with Crippen molar-refractivity contribution in [2.45, 2.75) is 18.9 Å². The van der Waals surface area contributed by atoms with Crippen LogP contribution in [0.3, 0.4) is 0 Å². The number of hydrogen-bond acceptors (Lipinski definition) is 4. The molecule has 1 aromatic carbocycles. The first-order valence-electron chi connectivity index (χ1n) is 8.57. The Morgan fingerprint density at radius 3 is 2.72 bits per heavy atom. The Balaban J connectivity index is 1.48. The fourth-order valence-corrected chi connectivity index (χ4v) is 4.43. The van der Waals surface area contributed by atoms with Crippen molar-refractivity contribution >= 4 is 28.1 Å². The Morgan fingerprint density at radius 1 is 1.24 bits per heavy atom. The second kappa shape index (κ2) is 6.61. The van der Waals surface area contributed by atoms with Crippen molar-refractivity contribution < 1.29 is 9.90 Å². The van der Waals surface area contributed by atoms with Crippen LogP contribution < -0.4 is 0 Å². The quantitative estimate of drug-likeness (QED) is 0.785. The minimum absolute atomic E-state index is 0.0131. The number of aliphatic hydroxyl groups is 1. The molecule has 3 heterocycles. The van der Waals surface area contributed by atoms with Crippen LogP contribution in [0.4, 0.5) is 0 Å². The molecule has 0 radical (unpaired) electrons. The van der Waals surface area contributed by atoms with Gasteiger partial charge in [-0.2, -0.15) is 5.10 Å². The van der Waals surface area contributed by atoms with Gasteiger partial charge >= 0.3 is 0 Å². The molecule has 1 atom stereocenters. The van der Waals surface area contributed by atoms with Crippen LogP contribution in [0.15, 0.2) is 41.8 Å². The summed E-state index contributed by atoms with van der Waals surface area (Å²) in [5.74, 6) is 0.198. The van der Waals surface area contributed by atoms with Crippen molar-refractivity contribution in [3.63, 3.8) is 0 Å². The van der Waals surface area contributed by atoms with Crippen LogP contribution in [0.2, 0.25) is 0 Å². The summed E-state index contributed by atoms with van der Waals surface area (Å²) >= 11 is 1.59. The molecule has 5 nitrogen and oxygen atoms in total. The van der Waals surface area contributed by atoms with E-state index in [-0.39, 0.29) is 11.8 Å². The van der Waals surface area contributed by atoms with Gasteiger partial charge < -0.3 is 10.0 Å². The van der Waals surface area contributed by atoms with Gasteiger partial charge in [0.1, 0.15) is 0 Å². The predicted molar refractivity (Wildman–Crippen MR) is 98.6 cm³/mol. The predicted octanol–water partition coefficient (Wildman–Crippen LogP) is 3.22. The number of rotatable bonds is 3. The zero-order valence-corrected chi connectivity index (χ0v) is 14.9. The lowest BCUT2D eigenvalue weighted by Gasteiger charge is -2.33. The van der Waals surface area contributed by atoms with Crippen molar-refractivity contribution in [2.75, 3.05) is 13.1 Å². The molecule has 0 spiro atoms. The van der Waals surface area contributed by atoms with Gasteiger partial charge in [0.15, 0.2) is 5.69 Å². The van der Waals surface area contributed by atoms with Gasteiger partial charge in [0.05, 0.1) is 11.6 Å². The van der Waals surface area contributed by atoms with Gasteiger partial charge in [-0.25, -0.2) is 0 Å². The number of para-hydroxylation sites is 1. The zero-order chi connectivity index (χ0) is 17.4. The van der Waals surface area contributed by atoms with Crippen LogP contribution >= 0.6 is 11.3 Å². The van der Waals surface area contributed by atoms with E-state index < -0.39 is 6.10 Å². The molecule has 6 heteroatoms. The molecule has 1 aliphatic rings. The number of amides is 1. The van der Waals surface area contributed by atoms with E-state index in [9.17, 15) is 9.90 Å². The number of aryl methyl sites for hydroxylation is 1. The minimum Gasteiger partial charge on any atom is -0.387 e. The van der Waals surface area contributed by atoms with Gasteiger partial charge in [-0.15, -0.1) is 11.3 Å². The van der Waals surface area contributed by atoms with Crippen molar-refractivity contribution in [1.82, 2.24) is 14.7 Å². The summed E-state index contributed by atoms with van der Waals surface area (Å²) in [6.07, 6.45) is 1.21. The van der Waals surface area contributed by atoms with Gasteiger partial charge in [0.2, 0.25) is 0 Å². The van der Waals surface area contributed by atoms with Gasteiger partial charge in [0, 0.05) is 30.4 Å². The van der Waals surface area contributed by atoms with E-state index in [1.807, 2.05) is 53.7 Å². The number of aliphatic hydroxyl groups excluding tert-OH is 1. The number of nitrogens with zero attached hydrogens (tertiary/aromatic N) is 3. The number of hydrogen-bond donors (Lipinski definition) is 1. The zero-order valence-electron chi connectivity index (χ0n) is 14.1. The van der Waals surface area contributed by atoms with Crippen LogP contribution in [0.5, 0.6) is 0 Å². The van der Waals surface area contributed by atoms with Crippen molar-refractivity contribution in [3.8, 4) is 0 Å². The maximum atomic E-state index is 12.9. The molecule has 25 heavy (non-hydrogen) atoms. The maximum Gasteiger partial charge on any atom is 0.275 e. The first-order chi connectivity index (χ1) is 12.1. The molecule has 0 bridgehead atoms. The third kappa shape index (κ3) is 2.96. The van der Waals surface area contributed by atoms with Gasteiger partial charge in [-0.3, -0.25) is 9.48 Å². The summed E-state index contributed by atoms with van der Waals surface area (Å²) in [6, 6.07) is 11.8. The smallest absolute Gasteiger partial charge is 0.275 e. The van der Waals surface area contributed by atoms with E-state index >= 15 is 0 Å². The van der Waals surface area contributed by atoms with Crippen molar-refractivity contribution in [2.24, 2.45) is 13.0 Å². The average molecular weight is 355 g/mol. The Bertz CT molecular complexity index is 879. The largest absolute Gasteiger partial charge is 0.387 e. The fourth-order valence-electron chi connectivity index (χ4n) is 3.63. The number of aromatic nitrogens is 2. The summed E-state index contributed by atoms with van der Waals surface area (Å²) in [5, 5.41) is 17.8. The first kappa shape index (κ1) is 16.3. The molecule has 1 N–H and O–H groups in total. The van der Waals surface area contributed by atoms with Crippen LogP contribution in [-0.4, -0.2) is 38.8 Å². The van der Waals surface area contributed by atoms with Gasteiger partial charge in [0.25, 0.3) is 5.91 Å². The average Bonchev–Trinajstić information content (AvgIpc) is 3.30. The number of piperidine rings is 1. The Labute approximate surface area is 150 Å². The third-order valence-corrected chi connectivity index (χ3v) is 6.01. The number of thiophene rings is 1.